The minimum atomic E-state index is -3.55. The molecule has 1 aromatic rings. The first-order chi connectivity index (χ1) is 10.8. The van der Waals surface area contributed by atoms with Gasteiger partial charge in [0.2, 0.25) is 15.9 Å². The highest BCUT2D eigenvalue weighted by atomic mass is 32.2. The van der Waals surface area contributed by atoms with Gasteiger partial charge in [0.25, 0.3) is 0 Å². The summed E-state index contributed by atoms with van der Waals surface area (Å²) in [7, 11) is -3.55. The van der Waals surface area contributed by atoms with Crippen LogP contribution in [0.5, 0.6) is 0 Å². The Morgan fingerprint density at radius 2 is 2.00 bits per heavy atom. The van der Waals surface area contributed by atoms with Crippen LogP contribution in [-0.2, 0) is 19.6 Å². The molecule has 0 radical (unpaired) electrons. The summed E-state index contributed by atoms with van der Waals surface area (Å²) in [5, 5.41) is 2.77. The van der Waals surface area contributed by atoms with Crippen LogP contribution in [0, 0.1) is 13.8 Å². The van der Waals surface area contributed by atoms with E-state index in [2.05, 4.69) is 5.32 Å². The number of hydrogen-bond donors (Lipinski definition) is 1. The highest BCUT2D eigenvalue weighted by Gasteiger charge is 2.24. The van der Waals surface area contributed by atoms with Gasteiger partial charge in [-0.2, -0.15) is 0 Å². The molecule has 2 rings (SSSR count). The molecule has 1 atom stereocenters. The monoisotopic (exact) mass is 340 g/mol. The molecule has 0 aromatic heterocycles. The van der Waals surface area contributed by atoms with Gasteiger partial charge in [0.15, 0.2) is 0 Å². The number of amides is 1. The SMILES string of the molecule is Cc1cccc(C)c1N(CC(=O)NCC1CCCO1)S(C)(=O)=O. The smallest absolute Gasteiger partial charge is 0.240 e. The van der Waals surface area contributed by atoms with Crippen LogP contribution in [0.3, 0.4) is 0 Å². The molecule has 1 unspecified atom stereocenters. The van der Waals surface area contributed by atoms with E-state index in [4.69, 9.17) is 4.74 Å². The molecule has 1 saturated heterocycles. The first kappa shape index (κ1) is 17.7. The standard InChI is InChI=1S/C16H24N2O4S/c1-12-6-4-7-13(2)16(12)18(23(3,20)21)11-15(19)17-10-14-8-5-9-22-14/h4,6-7,14H,5,8-11H2,1-3H3,(H,17,19). The Labute approximate surface area is 137 Å². The van der Waals surface area contributed by atoms with Crippen molar-refractivity contribution in [2.75, 3.05) is 30.3 Å². The fourth-order valence-corrected chi connectivity index (χ4v) is 3.75. The van der Waals surface area contributed by atoms with E-state index in [-0.39, 0.29) is 18.6 Å². The Morgan fingerprint density at radius 3 is 2.52 bits per heavy atom. The van der Waals surface area contributed by atoms with Gasteiger partial charge >= 0.3 is 0 Å². The van der Waals surface area contributed by atoms with Gasteiger partial charge in [-0.3, -0.25) is 9.10 Å². The average Bonchev–Trinajstić information content (AvgIpc) is 2.96. The number of nitrogens with zero attached hydrogens (tertiary/aromatic N) is 1. The summed E-state index contributed by atoms with van der Waals surface area (Å²) in [6, 6.07) is 5.54. The molecule has 6 nitrogen and oxygen atoms in total. The molecule has 23 heavy (non-hydrogen) atoms. The van der Waals surface area contributed by atoms with E-state index in [1.54, 1.807) is 0 Å². The number of aryl methyl sites for hydroxylation is 2. The molecule has 1 heterocycles. The van der Waals surface area contributed by atoms with Gasteiger partial charge in [0.05, 0.1) is 18.0 Å². The summed E-state index contributed by atoms with van der Waals surface area (Å²) >= 11 is 0. The van der Waals surface area contributed by atoms with Gasteiger partial charge in [-0.15, -0.1) is 0 Å². The number of sulfonamides is 1. The van der Waals surface area contributed by atoms with Crippen molar-refractivity contribution in [3.05, 3.63) is 29.3 Å². The van der Waals surface area contributed by atoms with Crippen molar-refractivity contribution >= 4 is 21.6 Å². The molecule has 1 amide bonds. The van der Waals surface area contributed by atoms with E-state index >= 15 is 0 Å². The number of nitrogens with one attached hydrogen (secondary N) is 1. The largest absolute Gasteiger partial charge is 0.376 e. The van der Waals surface area contributed by atoms with Gasteiger partial charge < -0.3 is 10.1 Å². The Morgan fingerprint density at radius 1 is 1.35 bits per heavy atom. The average molecular weight is 340 g/mol. The third-order valence-electron chi connectivity index (χ3n) is 3.93. The molecule has 7 heteroatoms. The van der Waals surface area contributed by atoms with Gasteiger partial charge in [-0.05, 0) is 37.8 Å². The molecule has 0 spiro atoms. The third-order valence-corrected chi connectivity index (χ3v) is 5.04. The van der Waals surface area contributed by atoms with Crippen LogP contribution in [0.15, 0.2) is 18.2 Å². The van der Waals surface area contributed by atoms with E-state index in [1.807, 2.05) is 32.0 Å². The fourth-order valence-electron chi connectivity index (χ4n) is 2.78. The van der Waals surface area contributed by atoms with E-state index in [0.717, 1.165) is 36.8 Å². The highest BCUT2D eigenvalue weighted by Crippen LogP contribution is 2.26. The predicted molar refractivity (Wildman–Crippen MR) is 90.1 cm³/mol. The second-order valence-corrected chi connectivity index (χ2v) is 7.86. The summed E-state index contributed by atoms with van der Waals surface area (Å²) < 4.78 is 30.9. The van der Waals surface area contributed by atoms with E-state index in [0.29, 0.717) is 12.2 Å². The Kier molecular flexibility index (Phi) is 5.64. The molecule has 1 fully saturated rings. The van der Waals surface area contributed by atoms with Crippen molar-refractivity contribution in [1.29, 1.82) is 0 Å². The molecule has 1 N–H and O–H groups in total. The van der Waals surface area contributed by atoms with Crippen molar-refractivity contribution < 1.29 is 17.9 Å². The quantitative estimate of drug-likeness (QED) is 0.848. The minimum absolute atomic E-state index is 0.0332. The molecule has 128 valence electrons. The summed E-state index contributed by atoms with van der Waals surface area (Å²) in [4.78, 5) is 12.2. The Bertz CT molecular complexity index is 646. The normalized spacial score (nSPS) is 18.0. The second kappa shape index (κ2) is 7.31. The van der Waals surface area contributed by atoms with Crippen molar-refractivity contribution in [2.45, 2.75) is 32.8 Å². The molecule has 0 saturated carbocycles. The van der Waals surface area contributed by atoms with Gasteiger partial charge in [-0.1, -0.05) is 18.2 Å². The van der Waals surface area contributed by atoms with Crippen molar-refractivity contribution in [3.63, 3.8) is 0 Å². The molecule has 1 aromatic carbocycles. The molecule has 0 bridgehead atoms. The molecule has 1 aliphatic rings. The predicted octanol–water partition coefficient (Wildman–Crippen LogP) is 1.36. The lowest BCUT2D eigenvalue weighted by Crippen LogP contribution is -2.43. The number of anilines is 1. The summed E-state index contributed by atoms with van der Waals surface area (Å²) in [5.74, 6) is -0.325. The van der Waals surface area contributed by atoms with E-state index < -0.39 is 10.0 Å². The van der Waals surface area contributed by atoms with E-state index in [1.165, 1.54) is 4.31 Å². The van der Waals surface area contributed by atoms with Crippen LogP contribution < -0.4 is 9.62 Å². The van der Waals surface area contributed by atoms with Crippen LogP contribution in [0.4, 0.5) is 5.69 Å². The zero-order chi connectivity index (χ0) is 17.0. The van der Waals surface area contributed by atoms with Gasteiger partial charge in [0, 0.05) is 13.2 Å². The minimum Gasteiger partial charge on any atom is -0.376 e. The Balaban J connectivity index is 2.12. The maximum absolute atomic E-state index is 12.2. The maximum atomic E-state index is 12.2. The number of benzene rings is 1. The highest BCUT2D eigenvalue weighted by molar-refractivity contribution is 7.92. The number of hydrogen-bond acceptors (Lipinski definition) is 4. The third kappa shape index (κ3) is 4.68. The van der Waals surface area contributed by atoms with Crippen molar-refractivity contribution in [1.82, 2.24) is 5.32 Å². The Hall–Kier alpha value is -1.60. The number of carbonyl (C=O) groups is 1. The number of rotatable bonds is 6. The topological polar surface area (TPSA) is 75.7 Å². The number of carbonyl (C=O) groups excluding carboxylic acids is 1. The fraction of sp³-hybridized carbons (Fsp3) is 0.562. The van der Waals surface area contributed by atoms with Gasteiger partial charge in [-0.25, -0.2) is 8.42 Å². The maximum Gasteiger partial charge on any atom is 0.240 e. The lowest BCUT2D eigenvalue weighted by Gasteiger charge is -2.25. The van der Waals surface area contributed by atoms with E-state index in [9.17, 15) is 13.2 Å². The van der Waals surface area contributed by atoms with Crippen LogP contribution in [0.1, 0.15) is 24.0 Å². The lowest BCUT2D eigenvalue weighted by atomic mass is 10.1. The number of ether oxygens (including phenoxy) is 1. The summed E-state index contributed by atoms with van der Waals surface area (Å²) in [6.45, 7) is 4.59. The van der Waals surface area contributed by atoms with Crippen LogP contribution in [0.2, 0.25) is 0 Å². The molecular formula is C16H24N2O4S. The summed E-state index contributed by atoms with van der Waals surface area (Å²) in [6.07, 6.45) is 3.07. The van der Waals surface area contributed by atoms with Crippen molar-refractivity contribution in [3.8, 4) is 0 Å². The van der Waals surface area contributed by atoms with Gasteiger partial charge in [0.1, 0.15) is 6.54 Å². The lowest BCUT2D eigenvalue weighted by molar-refractivity contribution is -0.120. The zero-order valence-corrected chi connectivity index (χ0v) is 14.6. The second-order valence-electron chi connectivity index (χ2n) is 5.95. The summed E-state index contributed by atoms with van der Waals surface area (Å²) in [5.41, 5.74) is 2.21. The molecule has 1 aliphatic heterocycles. The zero-order valence-electron chi connectivity index (χ0n) is 13.8. The van der Waals surface area contributed by atoms with Crippen LogP contribution in [0.25, 0.3) is 0 Å². The molecule has 0 aliphatic carbocycles. The first-order valence-electron chi connectivity index (χ1n) is 7.71. The molecular weight excluding hydrogens is 316 g/mol. The van der Waals surface area contributed by atoms with Crippen LogP contribution in [-0.4, -0.2) is 46.4 Å². The first-order valence-corrected chi connectivity index (χ1v) is 9.56. The number of para-hydroxylation sites is 1. The van der Waals surface area contributed by atoms with Crippen LogP contribution >= 0.6 is 0 Å². The van der Waals surface area contributed by atoms with Crippen molar-refractivity contribution in [2.24, 2.45) is 0 Å².